The number of carbonyl (C=O) groups excluding carboxylic acids is 1. The van der Waals surface area contributed by atoms with E-state index in [2.05, 4.69) is 11.4 Å². The summed E-state index contributed by atoms with van der Waals surface area (Å²) in [6.07, 6.45) is 0.373. The van der Waals surface area contributed by atoms with Gasteiger partial charge in [-0.05, 0) is 43.2 Å². The van der Waals surface area contributed by atoms with Crippen LogP contribution in [0.4, 0.5) is 5.69 Å². The fraction of sp³-hybridized carbons (Fsp3) is 0.222. The molecule has 0 bridgehead atoms. The molecule has 0 aliphatic heterocycles. The molecular formula is C18H18N2O2. The maximum atomic E-state index is 12.2. The molecular weight excluding hydrogens is 276 g/mol. The van der Waals surface area contributed by atoms with Crippen LogP contribution in [0.5, 0.6) is 5.75 Å². The van der Waals surface area contributed by atoms with Crippen LogP contribution in [-0.2, 0) is 11.2 Å². The fourth-order valence-electron chi connectivity index (χ4n) is 2.06. The van der Waals surface area contributed by atoms with Crippen LogP contribution in [0.3, 0.4) is 0 Å². The maximum Gasteiger partial charge on any atom is 0.242 e. The molecule has 1 amide bonds. The van der Waals surface area contributed by atoms with Crippen molar-refractivity contribution in [1.82, 2.24) is 0 Å². The molecule has 0 aromatic heterocycles. The number of hydrogen-bond acceptors (Lipinski definition) is 3. The summed E-state index contributed by atoms with van der Waals surface area (Å²) < 4.78 is 5.09. The van der Waals surface area contributed by atoms with Gasteiger partial charge in [0.1, 0.15) is 11.7 Å². The first kappa shape index (κ1) is 15.6. The van der Waals surface area contributed by atoms with Crippen LogP contribution < -0.4 is 10.1 Å². The van der Waals surface area contributed by atoms with Crippen LogP contribution in [0.1, 0.15) is 11.1 Å². The molecule has 0 aliphatic rings. The first-order chi connectivity index (χ1) is 10.6. The highest BCUT2D eigenvalue weighted by molar-refractivity contribution is 5.94. The number of amides is 1. The van der Waals surface area contributed by atoms with Gasteiger partial charge in [0, 0.05) is 5.69 Å². The molecule has 0 spiro atoms. The summed E-state index contributed by atoms with van der Waals surface area (Å²) in [5.41, 5.74) is 2.74. The Labute approximate surface area is 130 Å². The van der Waals surface area contributed by atoms with E-state index in [1.165, 1.54) is 0 Å². The fourth-order valence-corrected chi connectivity index (χ4v) is 2.06. The molecule has 0 unspecified atom stereocenters. The number of benzene rings is 2. The van der Waals surface area contributed by atoms with Crippen LogP contribution >= 0.6 is 0 Å². The van der Waals surface area contributed by atoms with Crippen molar-refractivity contribution < 1.29 is 9.53 Å². The minimum Gasteiger partial charge on any atom is -0.497 e. The monoisotopic (exact) mass is 294 g/mol. The van der Waals surface area contributed by atoms with Gasteiger partial charge in [0.2, 0.25) is 5.91 Å². The molecule has 4 nitrogen and oxygen atoms in total. The molecule has 0 radical (unpaired) electrons. The molecule has 0 saturated heterocycles. The topological polar surface area (TPSA) is 62.1 Å². The number of hydrogen-bond donors (Lipinski definition) is 1. The van der Waals surface area contributed by atoms with Crippen LogP contribution in [-0.4, -0.2) is 13.0 Å². The Morgan fingerprint density at radius 1 is 1.18 bits per heavy atom. The third-order valence-corrected chi connectivity index (χ3v) is 3.39. The number of anilines is 1. The van der Waals surface area contributed by atoms with E-state index in [4.69, 9.17) is 4.74 Å². The summed E-state index contributed by atoms with van der Waals surface area (Å²) in [6.45, 7) is 1.98. The SMILES string of the molecule is COc1ccc(C[C@@H](C#N)C(=O)Nc2ccc(C)cc2)cc1. The van der Waals surface area contributed by atoms with E-state index >= 15 is 0 Å². The minimum atomic E-state index is -0.727. The van der Waals surface area contributed by atoms with E-state index in [0.717, 1.165) is 16.9 Å². The minimum absolute atomic E-state index is 0.290. The van der Waals surface area contributed by atoms with Gasteiger partial charge in [0.05, 0.1) is 13.2 Å². The molecule has 1 atom stereocenters. The molecule has 0 fully saturated rings. The Morgan fingerprint density at radius 3 is 2.36 bits per heavy atom. The van der Waals surface area contributed by atoms with E-state index < -0.39 is 5.92 Å². The predicted molar refractivity (Wildman–Crippen MR) is 85.6 cm³/mol. The predicted octanol–water partition coefficient (Wildman–Crippen LogP) is 3.32. The molecule has 2 aromatic rings. The van der Waals surface area contributed by atoms with Gasteiger partial charge in [-0.1, -0.05) is 29.8 Å². The maximum absolute atomic E-state index is 12.2. The summed E-state index contributed by atoms with van der Waals surface area (Å²) >= 11 is 0. The lowest BCUT2D eigenvalue weighted by molar-refractivity contribution is -0.118. The zero-order chi connectivity index (χ0) is 15.9. The number of rotatable bonds is 5. The summed E-state index contributed by atoms with van der Waals surface area (Å²) in [5, 5.41) is 12.0. The lowest BCUT2D eigenvalue weighted by Crippen LogP contribution is -2.23. The third-order valence-electron chi connectivity index (χ3n) is 3.39. The molecule has 2 aromatic carbocycles. The molecule has 1 N–H and O–H groups in total. The van der Waals surface area contributed by atoms with Gasteiger partial charge in [0.15, 0.2) is 0 Å². The van der Waals surface area contributed by atoms with E-state index in [9.17, 15) is 10.1 Å². The van der Waals surface area contributed by atoms with Crippen LogP contribution in [0.2, 0.25) is 0 Å². The molecule has 22 heavy (non-hydrogen) atoms. The number of ether oxygens (including phenoxy) is 1. The van der Waals surface area contributed by atoms with Gasteiger partial charge < -0.3 is 10.1 Å². The van der Waals surface area contributed by atoms with Gasteiger partial charge in [-0.2, -0.15) is 5.26 Å². The van der Waals surface area contributed by atoms with Crippen molar-refractivity contribution in [2.75, 3.05) is 12.4 Å². The summed E-state index contributed by atoms with van der Waals surface area (Å²) in [4.78, 5) is 12.2. The second-order valence-electron chi connectivity index (χ2n) is 5.09. The number of nitriles is 1. The smallest absolute Gasteiger partial charge is 0.242 e. The standard InChI is InChI=1S/C18H18N2O2/c1-13-3-7-16(8-4-13)20-18(21)15(12-19)11-14-5-9-17(22-2)10-6-14/h3-10,15H,11H2,1-2H3,(H,20,21)/t15-/m0/s1. The van der Waals surface area contributed by atoms with Gasteiger partial charge in [-0.3, -0.25) is 4.79 Å². The Hall–Kier alpha value is -2.80. The van der Waals surface area contributed by atoms with Crippen LogP contribution in [0, 0.1) is 24.2 Å². The summed E-state index contributed by atoms with van der Waals surface area (Å²) in [7, 11) is 1.60. The number of nitrogens with one attached hydrogen (secondary N) is 1. The molecule has 2 rings (SSSR count). The van der Waals surface area contributed by atoms with Crippen LogP contribution in [0.25, 0.3) is 0 Å². The molecule has 0 saturated carbocycles. The summed E-state index contributed by atoms with van der Waals surface area (Å²) in [6, 6.07) is 16.9. The van der Waals surface area contributed by atoms with Crippen molar-refractivity contribution in [3.8, 4) is 11.8 Å². The van der Waals surface area contributed by atoms with Gasteiger partial charge in [-0.25, -0.2) is 0 Å². The van der Waals surface area contributed by atoms with Crippen molar-refractivity contribution in [3.63, 3.8) is 0 Å². The van der Waals surface area contributed by atoms with E-state index in [1.54, 1.807) is 7.11 Å². The lowest BCUT2D eigenvalue weighted by atomic mass is 9.99. The Bertz CT molecular complexity index is 670. The summed E-state index contributed by atoms with van der Waals surface area (Å²) in [5.74, 6) is -0.266. The van der Waals surface area contributed by atoms with Crippen molar-refractivity contribution in [2.24, 2.45) is 5.92 Å². The van der Waals surface area contributed by atoms with Crippen molar-refractivity contribution in [1.29, 1.82) is 5.26 Å². The Kier molecular flexibility index (Phi) is 5.16. The van der Waals surface area contributed by atoms with Crippen molar-refractivity contribution in [3.05, 3.63) is 59.7 Å². The number of aryl methyl sites for hydroxylation is 1. The zero-order valence-corrected chi connectivity index (χ0v) is 12.7. The second-order valence-corrected chi connectivity index (χ2v) is 5.09. The highest BCUT2D eigenvalue weighted by Crippen LogP contribution is 2.16. The van der Waals surface area contributed by atoms with Gasteiger partial charge in [-0.15, -0.1) is 0 Å². The van der Waals surface area contributed by atoms with E-state index in [-0.39, 0.29) is 5.91 Å². The second kappa shape index (κ2) is 7.28. The normalized spacial score (nSPS) is 11.3. The number of nitrogens with zero attached hydrogens (tertiary/aromatic N) is 1. The van der Waals surface area contributed by atoms with Gasteiger partial charge in [0.25, 0.3) is 0 Å². The zero-order valence-electron chi connectivity index (χ0n) is 12.7. The molecule has 0 aliphatic carbocycles. The first-order valence-electron chi connectivity index (χ1n) is 7.02. The quantitative estimate of drug-likeness (QED) is 0.920. The lowest BCUT2D eigenvalue weighted by Gasteiger charge is -2.11. The third kappa shape index (κ3) is 4.10. The first-order valence-corrected chi connectivity index (χ1v) is 7.02. The average molecular weight is 294 g/mol. The van der Waals surface area contributed by atoms with Crippen LogP contribution in [0.15, 0.2) is 48.5 Å². The van der Waals surface area contributed by atoms with Crippen molar-refractivity contribution in [2.45, 2.75) is 13.3 Å². The largest absolute Gasteiger partial charge is 0.497 e. The Morgan fingerprint density at radius 2 is 1.82 bits per heavy atom. The average Bonchev–Trinajstić information content (AvgIpc) is 2.55. The molecule has 112 valence electrons. The highest BCUT2D eigenvalue weighted by atomic mass is 16.5. The van der Waals surface area contributed by atoms with E-state index in [0.29, 0.717) is 12.1 Å². The number of methoxy groups -OCH3 is 1. The molecule has 4 heteroatoms. The highest BCUT2D eigenvalue weighted by Gasteiger charge is 2.18. The molecule has 0 heterocycles. The number of carbonyl (C=O) groups is 1. The van der Waals surface area contributed by atoms with E-state index in [1.807, 2.05) is 55.5 Å². The van der Waals surface area contributed by atoms with Crippen molar-refractivity contribution >= 4 is 11.6 Å². The Balaban J connectivity index is 2.02. The van der Waals surface area contributed by atoms with Gasteiger partial charge >= 0.3 is 0 Å².